The second-order valence-electron chi connectivity index (χ2n) is 13.1. The molecule has 0 atom stereocenters. The van der Waals surface area contributed by atoms with E-state index >= 15 is 0 Å². The number of H-pyrrole nitrogens is 1. The SMILES string of the molecule is O=C(OC[N+]1(CCCCOc2ccc3ccc(=O)[nH]c3c2)CCN(c2cccc3sccc23)CC1)N(Cc1ccccc1)Cc1ccccc1.[I-]. The zero-order chi connectivity index (χ0) is 34.2. The van der Waals surface area contributed by atoms with Gasteiger partial charge in [-0.3, -0.25) is 14.2 Å². The van der Waals surface area contributed by atoms with E-state index in [1.807, 2.05) is 84.9 Å². The van der Waals surface area contributed by atoms with Crippen LogP contribution in [0.4, 0.5) is 10.5 Å². The van der Waals surface area contributed by atoms with Gasteiger partial charge < -0.3 is 43.3 Å². The molecular weight excluding hydrogens is 771 g/mol. The standard InChI is InChI=1S/C41H42N4O4S.HI/c46-40-19-17-34-16-18-35(28-37(34)42-40)48-26-8-7-23-45(24-21-43(22-25-45)38-14-9-15-39-36(38)20-27-50-39)31-49-41(47)44(29-32-10-3-1-4-11-32)30-33-12-5-2-6-13-33;/h1-6,9-20,27-28H,7-8,21-26,29-31H2;1H. The summed E-state index contributed by atoms with van der Waals surface area (Å²) in [5.41, 5.74) is 4.06. The molecule has 1 fully saturated rings. The first-order chi connectivity index (χ1) is 24.5. The lowest BCUT2D eigenvalue weighted by atomic mass is 10.1. The summed E-state index contributed by atoms with van der Waals surface area (Å²) in [5.74, 6) is 0.741. The number of hydrogen-bond donors (Lipinski definition) is 1. The maximum Gasteiger partial charge on any atom is 0.414 e. The molecule has 0 radical (unpaired) electrons. The topological polar surface area (TPSA) is 74.9 Å². The van der Waals surface area contributed by atoms with E-state index in [1.165, 1.54) is 21.8 Å². The number of unbranched alkanes of at least 4 members (excludes halogenated alkanes) is 1. The van der Waals surface area contributed by atoms with Crippen LogP contribution < -0.4 is 39.2 Å². The Morgan fingerprint density at radius 2 is 1.53 bits per heavy atom. The number of amides is 1. The zero-order valence-corrected chi connectivity index (χ0v) is 31.6. The Labute approximate surface area is 319 Å². The minimum Gasteiger partial charge on any atom is -1.00 e. The van der Waals surface area contributed by atoms with Gasteiger partial charge in [0.05, 0.1) is 44.8 Å². The second kappa shape index (κ2) is 17.2. The summed E-state index contributed by atoms with van der Waals surface area (Å²) >= 11 is 1.78. The van der Waals surface area contributed by atoms with Gasteiger partial charge in [0.1, 0.15) is 5.75 Å². The van der Waals surface area contributed by atoms with E-state index in [9.17, 15) is 9.59 Å². The average Bonchev–Trinajstić information content (AvgIpc) is 3.64. The normalized spacial score (nSPS) is 13.8. The molecule has 1 aliphatic heterocycles. The van der Waals surface area contributed by atoms with Gasteiger partial charge in [-0.2, -0.15) is 0 Å². The summed E-state index contributed by atoms with van der Waals surface area (Å²) < 4.78 is 14.4. The van der Waals surface area contributed by atoms with E-state index in [-0.39, 0.29) is 35.6 Å². The third kappa shape index (κ3) is 9.29. The summed E-state index contributed by atoms with van der Waals surface area (Å²) in [6.45, 7) is 6.26. The molecule has 8 nitrogen and oxygen atoms in total. The van der Waals surface area contributed by atoms with Gasteiger partial charge in [-0.15, -0.1) is 11.3 Å². The number of ether oxygens (including phenoxy) is 2. The number of pyridine rings is 1. The van der Waals surface area contributed by atoms with Crippen molar-refractivity contribution in [3.05, 3.63) is 142 Å². The first-order valence-corrected chi connectivity index (χ1v) is 18.2. The third-order valence-electron chi connectivity index (χ3n) is 9.65. The molecule has 6 aromatic rings. The van der Waals surface area contributed by atoms with Crippen molar-refractivity contribution < 1.29 is 42.7 Å². The number of aromatic nitrogens is 1. The number of rotatable bonds is 13. The van der Waals surface area contributed by atoms with E-state index in [0.717, 1.165) is 73.3 Å². The summed E-state index contributed by atoms with van der Waals surface area (Å²) in [7, 11) is 0. The number of quaternary nitrogens is 1. The Morgan fingerprint density at radius 1 is 0.824 bits per heavy atom. The van der Waals surface area contributed by atoms with Crippen LogP contribution in [0.5, 0.6) is 5.75 Å². The molecule has 1 amide bonds. The van der Waals surface area contributed by atoms with Crippen LogP contribution in [0.15, 0.2) is 125 Å². The van der Waals surface area contributed by atoms with E-state index < -0.39 is 0 Å². The molecule has 7 rings (SSSR count). The number of piperazine rings is 1. The molecule has 0 bridgehead atoms. The fraction of sp³-hybridized carbons (Fsp3) is 0.268. The van der Waals surface area contributed by atoms with Crippen LogP contribution in [0.25, 0.3) is 21.0 Å². The van der Waals surface area contributed by atoms with Gasteiger partial charge in [0.15, 0.2) is 0 Å². The predicted molar refractivity (Wildman–Crippen MR) is 202 cm³/mol. The fourth-order valence-electron chi connectivity index (χ4n) is 6.84. The minimum atomic E-state index is -0.293. The van der Waals surface area contributed by atoms with Crippen molar-refractivity contribution in [1.82, 2.24) is 9.88 Å². The van der Waals surface area contributed by atoms with Crippen molar-refractivity contribution >= 4 is 44.1 Å². The summed E-state index contributed by atoms with van der Waals surface area (Å²) in [4.78, 5) is 32.8. The molecule has 0 saturated carbocycles. The Hall–Kier alpha value is -4.39. The number of halogens is 1. The maximum absolute atomic E-state index is 13.8. The first-order valence-electron chi connectivity index (χ1n) is 17.4. The van der Waals surface area contributed by atoms with Crippen molar-refractivity contribution in [2.75, 3.05) is 51.0 Å². The maximum atomic E-state index is 13.8. The fourth-order valence-corrected chi connectivity index (χ4v) is 7.64. The lowest BCUT2D eigenvalue weighted by Gasteiger charge is -2.45. The molecule has 0 aliphatic carbocycles. The molecular formula is C41H43IN4O4S. The molecule has 51 heavy (non-hydrogen) atoms. The van der Waals surface area contributed by atoms with Crippen molar-refractivity contribution in [3.8, 4) is 5.75 Å². The molecule has 2 aromatic heterocycles. The van der Waals surface area contributed by atoms with Gasteiger partial charge in [0.2, 0.25) is 12.3 Å². The van der Waals surface area contributed by atoms with Crippen LogP contribution in [0.2, 0.25) is 0 Å². The van der Waals surface area contributed by atoms with Gasteiger partial charge in [0, 0.05) is 41.0 Å². The van der Waals surface area contributed by atoms with E-state index in [0.29, 0.717) is 30.9 Å². The second-order valence-corrected chi connectivity index (χ2v) is 14.1. The van der Waals surface area contributed by atoms with Crippen LogP contribution >= 0.6 is 11.3 Å². The van der Waals surface area contributed by atoms with Gasteiger partial charge in [-0.25, -0.2) is 4.79 Å². The number of hydrogen-bond acceptors (Lipinski definition) is 6. The monoisotopic (exact) mass is 814 g/mol. The van der Waals surface area contributed by atoms with Crippen LogP contribution in [0, 0.1) is 0 Å². The number of carbonyl (C=O) groups excluding carboxylic acids is 1. The average molecular weight is 815 g/mol. The summed E-state index contributed by atoms with van der Waals surface area (Å²) in [5, 5.41) is 4.43. The number of nitrogens with one attached hydrogen (secondary N) is 1. The number of benzene rings is 4. The molecule has 264 valence electrons. The van der Waals surface area contributed by atoms with E-state index in [2.05, 4.69) is 39.5 Å². The van der Waals surface area contributed by atoms with Crippen LogP contribution in [-0.4, -0.2) is 66.5 Å². The van der Waals surface area contributed by atoms with E-state index in [1.54, 1.807) is 16.2 Å². The molecule has 0 spiro atoms. The van der Waals surface area contributed by atoms with Gasteiger partial charge in [-0.05, 0) is 71.1 Å². The highest BCUT2D eigenvalue weighted by Gasteiger charge is 2.35. The van der Waals surface area contributed by atoms with Crippen molar-refractivity contribution in [2.45, 2.75) is 25.9 Å². The lowest BCUT2D eigenvalue weighted by Crippen LogP contribution is -3.00. The van der Waals surface area contributed by atoms with Gasteiger partial charge in [0.25, 0.3) is 0 Å². The molecule has 1 N–H and O–H groups in total. The van der Waals surface area contributed by atoms with Crippen LogP contribution in [0.3, 0.4) is 0 Å². The number of anilines is 1. The smallest absolute Gasteiger partial charge is 0.414 e. The van der Waals surface area contributed by atoms with Crippen molar-refractivity contribution in [3.63, 3.8) is 0 Å². The number of nitrogens with zero attached hydrogens (tertiary/aromatic N) is 3. The Kier molecular flexibility index (Phi) is 12.3. The molecule has 1 saturated heterocycles. The highest BCUT2D eigenvalue weighted by molar-refractivity contribution is 7.17. The summed E-state index contributed by atoms with van der Waals surface area (Å²) in [6, 6.07) is 38.1. The summed E-state index contributed by atoms with van der Waals surface area (Å²) in [6.07, 6.45) is 1.50. The van der Waals surface area contributed by atoms with Crippen LogP contribution in [-0.2, 0) is 17.8 Å². The Balaban J connectivity index is 0.00000448. The van der Waals surface area contributed by atoms with Crippen LogP contribution in [0.1, 0.15) is 24.0 Å². The lowest BCUT2D eigenvalue weighted by molar-refractivity contribution is -0.944. The van der Waals surface area contributed by atoms with Gasteiger partial charge >= 0.3 is 6.09 Å². The highest BCUT2D eigenvalue weighted by Crippen LogP contribution is 2.32. The first kappa shape index (κ1) is 36.4. The largest absolute Gasteiger partial charge is 1.00 e. The number of carbonyl (C=O) groups is 1. The number of fused-ring (bicyclic) bond motifs is 2. The van der Waals surface area contributed by atoms with Crippen molar-refractivity contribution in [1.29, 1.82) is 0 Å². The number of thiophene rings is 1. The quantitative estimate of drug-likeness (QED) is 0.101. The molecule has 0 unspecified atom stereocenters. The number of aromatic amines is 1. The Morgan fingerprint density at radius 3 is 2.25 bits per heavy atom. The third-order valence-corrected chi connectivity index (χ3v) is 10.5. The predicted octanol–water partition coefficient (Wildman–Crippen LogP) is 5.04. The Bertz CT molecular complexity index is 2040. The molecule has 4 aromatic carbocycles. The minimum absolute atomic E-state index is 0. The molecule has 1 aliphatic rings. The molecule has 3 heterocycles. The van der Waals surface area contributed by atoms with Gasteiger partial charge in [-0.1, -0.05) is 66.7 Å². The highest BCUT2D eigenvalue weighted by atomic mass is 127. The van der Waals surface area contributed by atoms with E-state index in [4.69, 9.17) is 9.47 Å². The molecule has 10 heteroatoms. The van der Waals surface area contributed by atoms with Crippen molar-refractivity contribution in [2.24, 2.45) is 0 Å². The zero-order valence-electron chi connectivity index (χ0n) is 28.6.